The molecule has 6 nitrogen and oxygen atoms in total. The predicted octanol–water partition coefficient (Wildman–Crippen LogP) is 3.35. The Morgan fingerprint density at radius 2 is 2.12 bits per heavy atom. The van der Waals surface area contributed by atoms with E-state index in [1.54, 1.807) is 23.9 Å². The molecule has 6 heteroatoms. The van der Waals surface area contributed by atoms with E-state index in [2.05, 4.69) is 5.10 Å². The Morgan fingerprint density at radius 3 is 2.80 bits per heavy atom. The minimum atomic E-state index is -0.391. The summed E-state index contributed by atoms with van der Waals surface area (Å²) in [6.45, 7) is 6.05. The normalized spacial score (nSPS) is 11.2. The molecule has 0 fully saturated rings. The van der Waals surface area contributed by atoms with Crippen molar-refractivity contribution in [3.63, 3.8) is 0 Å². The van der Waals surface area contributed by atoms with Crippen LogP contribution in [-0.2, 0) is 11.3 Å². The van der Waals surface area contributed by atoms with E-state index < -0.39 is 5.97 Å². The molecule has 2 aromatic heterocycles. The highest BCUT2D eigenvalue weighted by Crippen LogP contribution is 2.27. The summed E-state index contributed by atoms with van der Waals surface area (Å²) < 4.78 is 6.99. The number of carbonyl (C=O) groups is 1. The molecule has 3 rings (SSSR count). The van der Waals surface area contributed by atoms with Gasteiger partial charge in [0, 0.05) is 11.6 Å². The molecule has 25 heavy (non-hydrogen) atoms. The molecule has 130 valence electrons. The van der Waals surface area contributed by atoms with Gasteiger partial charge in [-0.2, -0.15) is 5.10 Å². The van der Waals surface area contributed by atoms with Crippen LogP contribution in [0.2, 0.25) is 0 Å². The van der Waals surface area contributed by atoms with Crippen molar-refractivity contribution in [1.29, 1.82) is 0 Å². The van der Waals surface area contributed by atoms with Gasteiger partial charge < -0.3 is 9.84 Å². The maximum Gasteiger partial charge on any atom is 0.339 e. The molecule has 0 aliphatic rings. The lowest BCUT2D eigenvalue weighted by molar-refractivity contribution is 0.0528. The first-order chi connectivity index (χ1) is 12.0. The number of nitrogens with zero attached hydrogens (tertiary/aromatic N) is 3. The zero-order chi connectivity index (χ0) is 18.0. The highest BCUT2D eigenvalue weighted by molar-refractivity contribution is 6.03. The molecule has 0 atom stereocenters. The van der Waals surface area contributed by atoms with Crippen LogP contribution in [-0.4, -0.2) is 32.4 Å². The van der Waals surface area contributed by atoms with Crippen LogP contribution in [0, 0.1) is 0 Å². The number of rotatable bonds is 5. The Bertz CT molecular complexity index is 915. The molecule has 0 amide bonds. The van der Waals surface area contributed by atoms with E-state index in [9.17, 15) is 9.90 Å². The van der Waals surface area contributed by atoms with Crippen molar-refractivity contribution in [2.75, 3.05) is 6.61 Å². The Balaban J connectivity index is 2.24. The summed E-state index contributed by atoms with van der Waals surface area (Å²) in [6.07, 6.45) is 1.66. The van der Waals surface area contributed by atoms with Crippen LogP contribution in [0.3, 0.4) is 0 Å². The summed E-state index contributed by atoms with van der Waals surface area (Å²) in [4.78, 5) is 17.1. The molecule has 0 aliphatic heterocycles. The standard InChI is InChI=1S/C19H21N3O3/c1-4-25-19(24)15-9-17(14-7-5-6-13(8-14)11-23)21-18-16(15)10-20-22(18)12(2)3/h5-10,12,23H,4,11H2,1-3H3. The van der Waals surface area contributed by atoms with E-state index in [4.69, 9.17) is 9.72 Å². The number of carbonyl (C=O) groups excluding carboxylic acids is 1. The van der Waals surface area contributed by atoms with Gasteiger partial charge >= 0.3 is 5.97 Å². The van der Waals surface area contributed by atoms with Crippen LogP contribution in [0.15, 0.2) is 36.5 Å². The van der Waals surface area contributed by atoms with Crippen LogP contribution < -0.4 is 0 Å². The third-order valence-corrected chi connectivity index (χ3v) is 3.96. The van der Waals surface area contributed by atoms with Gasteiger partial charge in [-0.25, -0.2) is 14.5 Å². The topological polar surface area (TPSA) is 77.2 Å². The van der Waals surface area contributed by atoms with Crippen molar-refractivity contribution in [2.24, 2.45) is 0 Å². The van der Waals surface area contributed by atoms with Crippen molar-refractivity contribution < 1.29 is 14.6 Å². The van der Waals surface area contributed by atoms with Crippen LogP contribution in [0.1, 0.15) is 42.7 Å². The largest absolute Gasteiger partial charge is 0.462 e. The molecule has 0 saturated carbocycles. The second-order valence-electron chi connectivity index (χ2n) is 6.05. The zero-order valence-electron chi connectivity index (χ0n) is 14.6. The summed E-state index contributed by atoms with van der Waals surface area (Å²) in [6, 6.07) is 9.29. The van der Waals surface area contributed by atoms with E-state index >= 15 is 0 Å². The molecule has 0 spiro atoms. The zero-order valence-corrected chi connectivity index (χ0v) is 14.6. The molecule has 0 radical (unpaired) electrons. The van der Waals surface area contributed by atoms with Crippen LogP contribution in [0.5, 0.6) is 0 Å². The van der Waals surface area contributed by atoms with E-state index in [0.717, 1.165) is 11.1 Å². The number of benzene rings is 1. The lowest BCUT2D eigenvalue weighted by Crippen LogP contribution is -2.08. The van der Waals surface area contributed by atoms with Gasteiger partial charge in [0.25, 0.3) is 0 Å². The van der Waals surface area contributed by atoms with Gasteiger partial charge in [-0.05, 0) is 38.5 Å². The third kappa shape index (κ3) is 3.25. The molecule has 0 bridgehead atoms. The van der Waals surface area contributed by atoms with Gasteiger partial charge in [0.2, 0.25) is 0 Å². The highest BCUT2D eigenvalue weighted by atomic mass is 16.5. The second kappa shape index (κ2) is 7.03. The fourth-order valence-corrected chi connectivity index (χ4v) is 2.75. The lowest BCUT2D eigenvalue weighted by Gasteiger charge is -2.11. The fraction of sp³-hybridized carbons (Fsp3) is 0.316. The number of aromatic nitrogens is 3. The van der Waals surface area contributed by atoms with E-state index in [-0.39, 0.29) is 12.6 Å². The van der Waals surface area contributed by atoms with Gasteiger partial charge in [0.05, 0.1) is 36.1 Å². The van der Waals surface area contributed by atoms with Crippen molar-refractivity contribution in [2.45, 2.75) is 33.4 Å². The second-order valence-corrected chi connectivity index (χ2v) is 6.05. The van der Waals surface area contributed by atoms with E-state index in [1.807, 2.05) is 38.1 Å². The van der Waals surface area contributed by atoms with Crippen molar-refractivity contribution in [3.05, 3.63) is 47.7 Å². The van der Waals surface area contributed by atoms with Gasteiger partial charge in [0.15, 0.2) is 5.65 Å². The first kappa shape index (κ1) is 17.1. The number of aliphatic hydroxyl groups excluding tert-OH is 1. The molecule has 3 aromatic rings. The SMILES string of the molecule is CCOC(=O)c1cc(-c2cccc(CO)c2)nc2c1cnn2C(C)C. The molecule has 0 aliphatic carbocycles. The summed E-state index contributed by atoms with van der Waals surface area (Å²) in [5, 5.41) is 14.4. The average Bonchev–Trinajstić information content (AvgIpc) is 3.05. The smallest absolute Gasteiger partial charge is 0.339 e. The quantitative estimate of drug-likeness (QED) is 0.721. The third-order valence-electron chi connectivity index (χ3n) is 3.96. The molecular weight excluding hydrogens is 318 g/mol. The molecule has 0 saturated heterocycles. The Hall–Kier alpha value is -2.73. The van der Waals surface area contributed by atoms with E-state index in [1.165, 1.54) is 0 Å². The van der Waals surface area contributed by atoms with Crippen LogP contribution in [0.25, 0.3) is 22.3 Å². The minimum absolute atomic E-state index is 0.0508. The van der Waals surface area contributed by atoms with Gasteiger partial charge in [-0.3, -0.25) is 0 Å². The van der Waals surface area contributed by atoms with E-state index in [0.29, 0.717) is 28.9 Å². The number of aliphatic hydroxyl groups is 1. The summed E-state index contributed by atoms with van der Waals surface area (Å²) in [7, 11) is 0. The molecule has 0 unspecified atom stereocenters. The molecule has 1 aromatic carbocycles. The van der Waals surface area contributed by atoms with Crippen molar-refractivity contribution >= 4 is 17.0 Å². The maximum atomic E-state index is 12.4. The van der Waals surface area contributed by atoms with Crippen LogP contribution in [0.4, 0.5) is 0 Å². The van der Waals surface area contributed by atoms with Gasteiger partial charge in [-0.1, -0.05) is 18.2 Å². The Kier molecular flexibility index (Phi) is 4.81. The first-order valence-electron chi connectivity index (χ1n) is 8.30. The number of ether oxygens (including phenoxy) is 1. The monoisotopic (exact) mass is 339 g/mol. The maximum absolute atomic E-state index is 12.4. The van der Waals surface area contributed by atoms with Crippen LogP contribution >= 0.6 is 0 Å². The average molecular weight is 339 g/mol. The minimum Gasteiger partial charge on any atom is -0.462 e. The summed E-state index contributed by atoms with van der Waals surface area (Å²) >= 11 is 0. The molecule has 1 N–H and O–H groups in total. The first-order valence-corrected chi connectivity index (χ1v) is 8.30. The number of fused-ring (bicyclic) bond motifs is 1. The highest BCUT2D eigenvalue weighted by Gasteiger charge is 2.19. The number of hydrogen-bond acceptors (Lipinski definition) is 5. The molecular formula is C19H21N3O3. The number of hydrogen-bond donors (Lipinski definition) is 1. The van der Waals surface area contributed by atoms with Crippen molar-refractivity contribution in [3.8, 4) is 11.3 Å². The van der Waals surface area contributed by atoms with Crippen molar-refractivity contribution in [1.82, 2.24) is 14.8 Å². The number of esters is 1. The predicted molar refractivity (Wildman–Crippen MR) is 95.2 cm³/mol. The summed E-state index contributed by atoms with van der Waals surface area (Å²) in [5.41, 5.74) is 3.35. The lowest BCUT2D eigenvalue weighted by atomic mass is 10.0. The summed E-state index contributed by atoms with van der Waals surface area (Å²) in [5.74, 6) is -0.391. The van der Waals surface area contributed by atoms with Gasteiger partial charge in [0.1, 0.15) is 0 Å². The Morgan fingerprint density at radius 1 is 1.32 bits per heavy atom. The fourth-order valence-electron chi connectivity index (χ4n) is 2.75. The Labute approximate surface area is 146 Å². The molecule has 2 heterocycles. The number of pyridine rings is 1. The van der Waals surface area contributed by atoms with Gasteiger partial charge in [-0.15, -0.1) is 0 Å².